The third kappa shape index (κ3) is 3.75. The minimum atomic E-state index is -0.276. The highest BCUT2D eigenvalue weighted by Gasteiger charge is 2.00. The molecular formula is C11H16FNO. The number of ether oxygens (including phenoxy) is 1. The topological polar surface area (TPSA) is 35.2 Å². The second kappa shape index (κ2) is 5.60. The van der Waals surface area contributed by atoms with Crippen LogP contribution in [0.25, 0.3) is 0 Å². The SMILES string of the molecule is CCC(N)CCOc1cccc(F)c1. The summed E-state index contributed by atoms with van der Waals surface area (Å²) in [5.74, 6) is 0.288. The molecule has 78 valence electrons. The van der Waals surface area contributed by atoms with Gasteiger partial charge in [0.15, 0.2) is 0 Å². The first-order chi connectivity index (χ1) is 6.72. The summed E-state index contributed by atoms with van der Waals surface area (Å²) in [6.45, 7) is 2.57. The molecule has 0 heterocycles. The molecule has 1 unspecified atom stereocenters. The van der Waals surface area contributed by atoms with E-state index in [9.17, 15) is 4.39 Å². The molecule has 0 saturated heterocycles. The van der Waals surface area contributed by atoms with Gasteiger partial charge in [0.1, 0.15) is 11.6 Å². The standard InChI is InChI=1S/C11H16FNO/c1-2-10(13)6-7-14-11-5-3-4-9(12)8-11/h3-5,8,10H,2,6-7,13H2,1H3. The summed E-state index contributed by atoms with van der Waals surface area (Å²) >= 11 is 0. The van der Waals surface area contributed by atoms with Crippen LogP contribution in [0.3, 0.4) is 0 Å². The highest BCUT2D eigenvalue weighted by molar-refractivity contribution is 5.22. The summed E-state index contributed by atoms with van der Waals surface area (Å²) in [6.07, 6.45) is 1.74. The highest BCUT2D eigenvalue weighted by Crippen LogP contribution is 2.12. The smallest absolute Gasteiger partial charge is 0.126 e. The second-order valence-corrected chi connectivity index (χ2v) is 3.26. The molecule has 1 atom stereocenters. The van der Waals surface area contributed by atoms with Crippen molar-refractivity contribution in [2.45, 2.75) is 25.8 Å². The molecule has 0 spiro atoms. The van der Waals surface area contributed by atoms with E-state index in [0.717, 1.165) is 12.8 Å². The monoisotopic (exact) mass is 197 g/mol. The molecule has 1 rings (SSSR count). The molecule has 0 aliphatic heterocycles. The van der Waals surface area contributed by atoms with Gasteiger partial charge in [-0.1, -0.05) is 13.0 Å². The fraction of sp³-hybridized carbons (Fsp3) is 0.455. The van der Waals surface area contributed by atoms with Gasteiger partial charge in [-0.15, -0.1) is 0 Å². The van der Waals surface area contributed by atoms with Gasteiger partial charge in [-0.3, -0.25) is 0 Å². The van der Waals surface area contributed by atoms with E-state index in [0.29, 0.717) is 12.4 Å². The van der Waals surface area contributed by atoms with Crippen LogP contribution in [0.15, 0.2) is 24.3 Å². The number of hydrogen-bond acceptors (Lipinski definition) is 2. The zero-order valence-electron chi connectivity index (χ0n) is 8.37. The molecule has 0 aromatic heterocycles. The lowest BCUT2D eigenvalue weighted by Gasteiger charge is -2.09. The Morgan fingerprint density at radius 3 is 2.93 bits per heavy atom. The average Bonchev–Trinajstić information content (AvgIpc) is 2.17. The number of rotatable bonds is 5. The number of halogens is 1. The summed E-state index contributed by atoms with van der Waals surface area (Å²) in [6, 6.07) is 6.30. The fourth-order valence-corrected chi connectivity index (χ4v) is 1.09. The zero-order chi connectivity index (χ0) is 10.4. The van der Waals surface area contributed by atoms with Gasteiger partial charge in [0, 0.05) is 12.1 Å². The van der Waals surface area contributed by atoms with Gasteiger partial charge in [0.05, 0.1) is 6.61 Å². The van der Waals surface area contributed by atoms with Crippen LogP contribution < -0.4 is 10.5 Å². The van der Waals surface area contributed by atoms with Crippen molar-refractivity contribution in [3.8, 4) is 5.75 Å². The molecule has 0 bridgehead atoms. The fourth-order valence-electron chi connectivity index (χ4n) is 1.09. The summed E-state index contributed by atoms with van der Waals surface area (Å²) in [5, 5.41) is 0. The molecule has 0 saturated carbocycles. The first-order valence-electron chi connectivity index (χ1n) is 4.86. The molecule has 1 aromatic rings. The quantitative estimate of drug-likeness (QED) is 0.786. The summed E-state index contributed by atoms with van der Waals surface area (Å²) in [5.41, 5.74) is 5.71. The predicted molar refractivity (Wildman–Crippen MR) is 54.8 cm³/mol. The van der Waals surface area contributed by atoms with E-state index in [4.69, 9.17) is 10.5 Å². The van der Waals surface area contributed by atoms with Crippen molar-refractivity contribution >= 4 is 0 Å². The molecule has 0 aliphatic rings. The maximum absolute atomic E-state index is 12.7. The molecular weight excluding hydrogens is 181 g/mol. The first-order valence-corrected chi connectivity index (χ1v) is 4.86. The van der Waals surface area contributed by atoms with E-state index < -0.39 is 0 Å². The van der Waals surface area contributed by atoms with E-state index >= 15 is 0 Å². The molecule has 2 nitrogen and oxygen atoms in total. The Hall–Kier alpha value is -1.09. The number of benzene rings is 1. The lowest BCUT2D eigenvalue weighted by atomic mass is 10.2. The zero-order valence-corrected chi connectivity index (χ0v) is 8.37. The minimum Gasteiger partial charge on any atom is -0.493 e. The molecule has 0 radical (unpaired) electrons. The Bertz CT molecular complexity index is 278. The van der Waals surface area contributed by atoms with Gasteiger partial charge in [0.25, 0.3) is 0 Å². The molecule has 2 N–H and O–H groups in total. The third-order valence-corrected chi connectivity index (χ3v) is 2.08. The average molecular weight is 197 g/mol. The highest BCUT2D eigenvalue weighted by atomic mass is 19.1. The molecule has 0 fully saturated rings. The molecule has 1 aromatic carbocycles. The molecule has 0 amide bonds. The van der Waals surface area contributed by atoms with E-state index in [1.807, 2.05) is 6.92 Å². The van der Waals surface area contributed by atoms with Crippen LogP contribution in [0.2, 0.25) is 0 Å². The van der Waals surface area contributed by atoms with Crippen molar-refractivity contribution in [2.24, 2.45) is 5.73 Å². The van der Waals surface area contributed by atoms with Crippen molar-refractivity contribution in [2.75, 3.05) is 6.61 Å². The van der Waals surface area contributed by atoms with Crippen LogP contribution in [0.1, 0.15) is 19.8 Å². The minimum absolute atomic E-state index is 0.170. The second-order valence-electron chi connectivity index (χ2n) is 3.26. The van der Waals surface area contributed by atoms with Crippen molar-refractivity contribution < 1.29 is 9.13 Å². The Kier molecular flexibility index (Phi) is 4.40. The lowest BCUT2D eigenvalue weighted by molar-refractivity contribution is 0.295. The van der Waals surface area contributed by atoms with Crippen molar-refractivity contribution in [1.29, 1.82) is 0 Å². The van der Waals surface area contributed by atoms with Crippen LogP contribution in [0.5, 0.6) is 5.75 Å². The number of hydrogen-bond donors (Lipinski definition) is 1. The van der Waals surface area contributed by atoms with Gasteiger partial charge in [-0.2, -0.15) is 0 Å². The Labute approximate surface area is 83.9 Å². The van der Waals surface area contributed by atoms with Crippen LogP contribution in [0.4, 0.5) is 4.39 Å². The van der Waals surface area contributed by atoms with Gasteiger partial charge in [0.2, 0.25) is 0 Å². The number of nitrogens with two attached hydrogens (primary N) is 1. The molecule has 3 heteroatoms. The first kappa shape index (κ1) is 11.0. The predicted octanol–water partition coefficient (Wildman–Crippen LogP) is 2.33. The normalized spacial score (nSPS) is 12.5. The Morgan fingerprint density at radius 2 is 2.29 bits per heavy atom. The summed E-state index contributed by atoms with van der Waals surface area (Å²) in [4.78, 5) is 0. The van der Waals surface area contributed by atoms with Crippen molar-refractivity contribution in [1.82, 2.24) is 0 Å². The molecule has 0 aliphatic carbocycles. The maximum atomic E-state index is 12.7. The van der Waals surface area contributed by atoms with Gasteiger partial charge >= 0.3 is 0 Å². The van der Waals surface area contributed by atoms with E-state index in [1.165, 1.54) is 12.1 Å². The summed E-state index contributed by atoms with van der Waals surface area (Å²) in [7, 11) is 0. The van der Waals surface area contributed by atoms with Crippen LogP contribution >= 0.6 is 0 Å². The Balaban J connectivity index is 2.31. The largest absolute Gasteiger partial charge is 0.493 e. The van der Waals surface area contributed by atoms with Crippen LogP contribution in [0, 0.1) is 5.82 Å². The van der Waals surface area contributed by atoms with E-state index in [-0.39, 0.29) is 11.9 Å². The maximum Gasteiger partial charge on any atom is 0.126 e. The van der Waals surface area contributed by atoms with E-state index in [1.54, 1.807) is 12.1 Å². The van der Waals surface area contributed by atoms with Gasteiger partial charge in [-0.25, -0.2) is 4.39 Å². The van der Waals surface area contributed by atoms with Gasteiger partial charge in [-0.05, 0) is 25.0 Å². The van der Waals surface area contributed by atoms with Crippen LogP contribution in [-0.2, 0) is 0 Å². The van der Waals surface area contributed by atoms with E-state index in [2.05, 4.69) is 0 Å². The van der Waals surface area contributed by atoms with Crippen molar-refractivity contribution in [3.63, 3.8) is 0 Å². The lowest BCUT2D eigenvalue weighted by Crippen LogP contribution is -2.21. The van der Waals surface area contributed by atoms with Gasteiger partial charge < -0.3 is 10.5 Å². The third-order valence-electron chi connectivity index (χ3n) is 2.08. The van der Waals surface area contributed by atoms with Crippen molar-refractivity contribution in [3.05, 3.63) is 30.1 Å². The van der Waals surface area contributed by atoms with Crippen LogP contribution in [-0.4, -0.2) is 12.6 Å². The summed E-state index contributed by atoms with van der Waals surface area (Å²) < 4.78 is 18.1. The Morgan fingerprint density at radius 1 is 1.50 bits per heavy atom. The molecule has 14 heavy (non-hydrogen) atoms.